The van der Waals surface area contributed by atoms with Gasteiger partial charge in [0.15, 0.2) is 5.96 Å². The van der Waals surface area contributed by atoms with Crippen LogP contribution in [0.25, 0.3) is 0 Å². The minimum Gasteiger partial charge on any atom is -0.373 e. The lowest BCUT2D eigenvalue weighted by atomic mass is 10.0. The molecule has 0 amide bonds. The number of ether oxygens (including phenoxy) is 2. The summed E-state index contributed by atoms with van der Waals surface area (Å²) in [4.78, 5) is 4.47. The lowest BCUT2D eigenvalue weighted by Gasteiger charge is -2.21. The van der Waals surface area contributed by atoms with Gasteiger partial charge in [-0.25, -0.2) is 0 Å². The smallest absolute Gasteiger partial charge is 0.373 e. The topological polar surface area (TPSA) is 54.9 Å². The zero-order valence-corrected chi connectivity index (χ0v) is 13.3. The first-order valence-electron chi connectivity index (χ1n) is 7.65. The average Bonchev–Trinajstić information content (AvgIpc) is 2.86. The number of hydrogen-bond acceptors (Lipinski definition) is 3. The van der Waals surface area contributed by atoms with Crippen molar-refractivity contribution < 1.29 is 22.6 Å². The zero-order valence-electron chi connectivity index (χ0n) is 13.3. The van der Waals surface area contributed by atoms with Crippen LogP contribution in [0, 0.1) is 0 Å². The van der Waals surface area contributed by atoms with E-state index in [1.807, 2.05) is 13.8 Å². The second-order valence-corrected chi connectivity index (χ2v) is 5.55. The minimum absolute atomic E-state index is 0.0622. The Bertz CT molecular complexity index is 343. The molecule has 1 fully saturated rings. The van der Waals surface area contributed by atoms with Gasteiger partial charge in [0.25, 0.3) is 0 Å². The van der Waals surface area contributed by atoms with Gasteiger partial charge in [0.05, 0.1) is 12.1 Å². The van der Waals surface area contributed by atoms with Gasteiger partial charge in [-0.3, -0.25) is 4.99 Å². The highest BCUT2D eigenvalue weighted by Gasteiger charge is 2.29. The summed E-state index contributed by atoms with van der Waals surface area (Å²) in [7, 11) is 0. The van der Waals surface area contributed by atoms with Crippen LogP contribution in [-0.4, -0.2) is 57.2 Å². The van der Waals surface area contributed by atoms with Gasteiger partial charge in [0.1, 0.15) is 6.61 Å². The van der Waals surface area contributed by atoms with E-state index in [0.717, 1.165) is 19.4 Å². The van der Waals surface area contributed by atoms with Crippen LogP contribution < -0.4 is 10.6 Å². The minimum atomic E-state index is -4.26. The van der Waals surface area contributed by atoms with Gasteiger partial charge in [-0.15, -0.1) is 0 Å². The van der Waals surface area contributed by atoms with Crippen molar-refractivity contribution in [2.45, 2.75) is 44.9 Å². The number of rotatable bonds is 8. The predicted molar refractivity (Wildman–Crippen MR) is 79.1 cm³/mol. The molecular weight excluding hydrogens is 299 g/mol. The molecule has 2 N–H and O–H groups in total. The van der Waals surface area contributed by atoms with E-state index in [-0.39, 0.29) is 12.2 Å². The van der Waals surface area contributed by atoms with E-state index in [2.05, 4.69) is 20.4 Å². The molecule has 0 aromatic rings. The second-order valence-electron chi connectivity index (χ2n) is 5.55. The van der Waals surface area contributed by atoms with Gasteiger partial charge in [-0.2, -0.15) is 13.2 Å². The first-order chi connectivity index (χ1) is 10.3. The molecule has 1 aliphatic heterocycles. The Labute approximate surface area is 129 Å². The van der Waals surface area contributed by atoms with Crippen molar-refractivity contribution in [1.29, 1.82) is 0 Å². The molecule has 0 aromatic heterocycles. The molecule has 1 rings (SSSR count). The highest BCUT2D eigenvalue weighted by Crippen LogP contribution is 2.24. The van der Waals surface area contributed by atoms with Gasteiger partial charge in [-0.05, 0) is 33.1 Å². The summed E-state index contributed by atoms with van der Waals surface area (Å²) in [6, 6.07) is 0. The number of alkyl halides is 3. The molecule has 0 aliphatic carbocycles. The molecule has 5 nitrogen and oxygen atoms in total. The van der Waals surface area contributed by atoms with Gasteiger partial charge < -0.3 is 20.1 Å². The summed E-state index contributed by atoms with van der Waals surface area (Å²) >= 11 is 0. The molecule has 1 saturated heterocycles. The Morgan fingerprint density at radius 2 is 2.14 bits per heavy atom. The van der Waals surface area contributed by atoms with E-state index in [1.54, 1.807) is 0 Å². The maximum atomic E-state index is 11.9. The molecule has 8 heteroatoms. The van der Waals surface area contributed by atoms with E-state index in [9.17, 15) is 13.2 Å². The molecule has 22 heavy (non-hydrogen) atoms. The van der Waals surface area contributed by atoms with Crippen LogP contribution in [0.2, 0.25) is 0 Å². The van der Waals surface area contributed by atoms with Gasteiger partial charge >= 0.3 is 6.18 Å². The Morgan fingerprint density at radius 1 is 1.36 bits per heavy atom. The number of halogens is 3. The Kier molecular flexibility index (Phi) is 7.95. The van der Waals surface area contributed by atoms with E-state index in [1.165, 1.54) is 0 Å². The summed E-state index contributed by atoms with van der Waals surface area (Å²) in [5.41, 5.74) is -0.210. The van der Waals surface area contributed by atoms with Crippen molar-refractivity contribution in [1.82, 2.24) is 10.6 Å². The normalized spacial score (nSPS) is 22.9. The summed E-state index contributed by atoms with van der Waals surface area (Å²) in [5, 5.41) is 6.18. The van der Waals surface area contributed by atoms with Crippen molar-refractivity contribution in [3.8, 4) is 0 Å². The van der Waals surface area contributed by atoms with Crippen LogP contribution >= 0.6 is 0 Å². The number of hydrogen-bond donors (Lipinski definition) is 2. The predicted octanol–water partition coefficient (Wildman–Crippen LogP) is 2.08. The molecule has 0 bridgehead atoms. The maximum Gasteiger partial charge on any atom is 0.411 e. The largest absolute Gasteiger partial charge is 0.411 e. The summed E-state index contributed by atoms with van der Waals surface area (Å²) in [5.74, 6) is 0.648. The number of nitrogens with zero attached hydrogens (tertiary/aromatic N) is 1. The fourth-order valence-corrected chi connectivity index (χ4v) is 2.12. The highest BCUT2D eigenvalue weighted by atomic mass is 19.4. The van der Waals surface area contributed by atoms with E-state index in [4.69, 9.17) is 4.74 Å². The van der Waals surface area contributed by atoms with E-state index < -0.39 is 12.8 Å². The molecule has 0 spiro atoms. The average molecular weight is 325 g/mol. The van der Waals surface area contributed by atoms with Crippen LogP contribution in [0.5, 0.6) is 0 Å². The monoisotopic (exact) mass is 325 g/mol. The van der Waals surface area contributed by atoms with Crippen LogP contribution in [-0.2, 0) is 9.47 Å². The lowest BCUT2D eigenvalue weighted by molar-refractivity contribution is -0.173. The van der Waals surface area contributed by atoms with Gasteiger partial charge in [-0.1, -0.05) is 0 Å². The molecule has 0 radical (unpaired) electrons. The van der Waals surface area contributed by atoms with Gasteiger partial charge in [0.2, 0.25) is 0 Å². The summed E-state index contributed by atoms with van der Waals surface area (Å²) < 4.78 is 45.9. The molecule has 130 valence electrons. The first-order valence-corrected chi connectivity index (χ1v) is 7.65. The fourth-order valence-electron chi connectivity index (χ4n) is 2.12. The Morgan fingerprint density at radius 3 is 2.73 bits per heavy atom. The number of aliphatic imine (C=N–C) groups is 1. The SMILES string of the molecule is CCNC(=NCC1(C)CCCO1)NCCCOCC(F)(F)F. The molecule has 1 aliphatic rings. The maximum absolute atomic E-state index is 11.9. The third-order valence-corrected chi connectivity index (χ3v) is 3.24. The molecule has 0 saturated carbocycles. The second kappa shape index (κ2) is 9.19. The van der Waals surface area contributed by atoms with Crippen molar-refractivity contribution in [2.24, 2.45) is 4.99 Å². The van der Waals surface area contributed by atoms with Crippen LogP contribution in [0.1, 0.15) is 33.1 Å². The van der Waals surface area contributed by atoms with Crippen LogP contribution in [0.3, 0.4) is 0 Å². The Balaban J connectivity index is 2.23. The summed E-state index contributed by atoms with van der Waals surface area (Å²) in [6.07, 6.45) is -1.75. The molecular formula is C14H26F3N3O2. The summed E-state index contributed by atoms with van der Waals surface area (Å²) in [6.45, 7) is 5.41. The van der Waals surface area contributed by atoms with Crippen molar-refractivity contribution in [3.05, 3.63) is 0 Å². The molecule has 0 aromatic carbocycles. The van der Waals surface area contributed by atoms with Gasteiger partial charge in [0, 0.05) is 26.3 Å². The quantitative estimate of drug-likeness (QED) is 0.408. The number of guanidine groups is 1. The van der Waals surface area contributed by atoms with Crippen LogP contribution in [0.15, 0.2) is 4.99 Å². The molecule has 1 heterocycles. The van der Waals surface area contributed by atoms with Crippen molar-refractivity contribution in [3.63, 3.8) is 0 Å². The molecule has 1 unspecified atom stereocenters. The standard InChI is InChI=1S/C14H26F3N3O2/c1-3-18-12(20-10-13(2)6-4-9-22-13)19-7-5-8-21-11-14(15,16)17/h3-11H2,1-2H3,(H2,18,19,20). The van der Waals surface area contributed by atoms with Crippen LogP contribution in [0.4, 0.5) is 13.2 Å². The third-order valence-electron chi connectivity index (χ3n) is 3.24. The third kappa shape index (κ3) is 8.43. The van der Waals surface area contributed by atoms with E-state index in [0.29, 0.717) is 32.0 Å². The first kappa shape index (κ1) is 19.0. The zero-order chi connectivity index (χ0) is 16.5. The van der Waals surface area contributed by atoms with E-state index >= 15 is 0 Å². The Hall–Kier alpha value is -1.02. The van der Waals surface area contributed by atoms with Crippen molar-refractivity contribution in [2.75, 3.05) is 39.5 Å². The number of nitrogens with one attached hydrogen (secondary N) is 2. The molecule has 1 atom stereocenters. The highest BCUT2D eigenvalue weighted by molar-refractivity contribution is 5.79. The van der Waals surface area contributed by atoms with Crippen molar-refractivity contribution >= 4 is 5.96 Å². The fraction of sp³-hybridized carbons (Fsp3) is 0.929. The lowest BCUT2D eigenvalue weighted by Crippen LogP contribution is -2.39.